The zero-order valence-electron chi connectivity index (χ0n) is 39.5. The van der Waals surface area contributed by atoms with E-state index in [1.54, 1.807) is 0 Å². The molecule has 4 heterocycles. The van der Waals surface area contributed by atoms with Crippen LogP contribution in [0.15, 0.2) is 285 Å². The first-order valence-corrected chi connectivity index (χ1v) is 26.6. The molecule has 5 heteroatoms. The Bertz CT molecular complexity index is 3460. The van der Waals surface area contributed by atoms with Crippen LogP contribution >= 0.6 is 0 Å². The van der Waals surface area contributed by atoms with Gasteiger partial charge in [-0.05, 0) is 128 Å². The first-order valence-electron chi connectivity index (χ1n) is 24.6. The minimum atomic E-state index is -2.90. The Kier molecular flexibility index (Phi) is 10.2. The third-order valence-electron chi connectivity index (χ3n) is 15.5. The average Bonchev–Trinajstić information content (AvgIpc) is 3.45. The molecule has 8 aromatic carbocycles. The molecule has 0 fully saturated rings. The molecule has 71 heavy (non-hydrogen) atoms. The van der Waals surface area contributed by atoms with E-state index >= 15 is 0 Å². The maximum Gasteiger partial charge on any atom is 0.184 e. The molecule has 0 bridgehead atoms. The van der Waals surface area contributed by atoms with Gasteiger partial charge in [0.1, 0.15) is 0 Å². The predicted octanol–water partition coefficient (Wildman–Crippen LogP) is 12.5. The highest BCUT2D eigenvalue weighted by molar-refractivity contribution is 7.21. The van der Waals surface area contributed by atoms with Crippen LogP contribution in [-0.4, -0.2) is 18.0 Å². The Morgan fingerprint density at radius 1 is 0.394 bits per heavy atom. The van der Waals surface area contributed by atoms with Gasteiger partial charge in [0.2, 0.25) is 0 Å². The van der Waals surface area contributed by atoms with Gasteiger partial charge in [-0.1, -0.05) is 194 Å². The van der Waals surface area contributed by atoms with Gasteiger partial charge in [-0.25, -0.2) is 0 Å². The molecule has 0 saturated heterocycles. The molecule has 4 nitrogen and oxygen atoms in total. The zero-order chi connectivity index (χ0) is 47.4. The lowest BCUT2D eigenvalue weighted by Crippen LogP contribution is -2.77. The maximum absolute atomic E-state index is 4.59. The third-order valence-corrected chi connectivity index (χ3v) is 20.4. The Morgan fingerprint density at radius 2 is 0.803 bits per heavy atom. The van der Waals surface area contributed by atoms with Crippen molar-refractivity contribution in [3.05, 3.63) is 318 Å². The molecule has 338 valence electrons. The number of aromatic nitrogens is 2. The van der Waals surface area contributed by atoms with Gasteiger partial charge in [0.15, 0.2) is 8.07 Å². The Hall–Kier alpha value is -8.64. The summed E-state index contributed by atoms with van der Waals surface area (Å²) in [7, 11) is -2.90. The number of benzene rings is 8. The van der Waals surface area contributed by atoms with Crippen LogP contribution in [0.1, 0.15) is 46.7 Å². The van der Waals surface area contributed by atoms with Crippen LogP contribution in [0.2, 0.25) is 0 Å². The summed E-state index contributed by atoms with van der Waals surface area (Å²) in [5.74, 6) is 0. The van der Waals surface area contributed by atoms with Crippen molar-refractivity contribution in [2.45, 2.75) is 24.2 Å². The molecular formula is C66H50N4Si. The summed E-state index contributed by atoms with van der Waals surface area (Å²) in [5.41, 5.74) is 14.4. The lowest BCUT2D eigenvalue weighted by molar-refractivity contribution is 0.549. The molecule has 1 aliphatic carbocycles. The SMILES string of the molecule is CC1(c2ccncc2)CC(c2ccncc2)=C(N2c3ccccc3[Si](c3ccccc3)(c3ccccc3)c3ccccc32)C=C1N1c2ccccc2C(c2ccccc2)(c2ccccc2)c2ccccc21. The quantitative estimate of drug-likeness (QED) is 0.142. The second-order valence-electron chi connectivity index (χ2n) is 19.1. The van der Waals surface area contributed by atoms with E-state index in [1.165, 1.54) is 71.2 Å². The molecule has 0 radical (unpaired) electrons. The van der Waals surface area contributed by atoms with Gasteiger partial charge < -0.3 is 9.80 Å². The summed E-state index contributed by atoms with van der Waals surface area (Å²) >= 11 is 0. The molecule has 0 saturated carbocycles. The standard InChI is InChI=1S/C66H50N4Si/c1-65(49-40-44-68-45-41-49)47-54(48-38-42-67-43-39-48)61(69-59-34-18-20-36-62(59)71(52-26-10-4-11-27-52,53-28-12-5-13-29-53)63-37-21-19-35-60(63)69)46-64(65)70-57-32-16-14-30-55(57)66(50-22-6-2-7-23-50,51-24-8-3-9-25-51)56-31-15-17-33-58(56)70/h2-46H,47H2,1H3. The van der Waals surface area contributed by atoms with Gasteiger partial charge in [0.05, 0.1) is 22.5 Å². The lowest BCUT2D eigenvalue weighted by Gasteiger charge is -2.52. The van der Waals surface area contributed by atoms with Crippen molar-refractivity contribution in [3.8, 4) is 0 Å². The molecule has 1 unspecified atom stereocenters. The Labute approximate surface area is 417 Å². The predicted molar refractivity (Wildman–Crippen MR) is 295 cm³/mol. The smallest absolute Gasteiger partial charge is 0.184 e. The second-order valence-corrected chi connectivity index (χ2v) is 22.8. The number of allylic oxidation sites excluding steroid dienone is 3. The summed E-state index contributed by atoms with van der Waals surface area (Å²) in [4.78, 5) is 14.4. The number of para-hydroxylation sites is 4. The number of anilines is 4. The minimum Gasteiger partial charge on any atom is -0.313 e. The van der Waals surface area contributed by atoms with E-state index in [0.29, 0.717) is 6.42 Å². The molecule has 2 aromatic heterocycles. The Balaban J connectivity index is 1.14. The highest BCUT2D eigenvalue weighted by Crippen LogP contribution is 2.60. The molecule has 0 amide bonds. The second kappa shape index (κ2) is 17.1. The molecule has 2 aliphatic heterocycles. The highest BCUT2D eigenvalue weighted by Gasteiger charge is 2.52. The maximum atomic E-state index is 4.59. The largest absolute Gasteiger partial charge is 0.313 e. The normalized spacial score (nSPS) is 17.3. The van der Waals surface area contributed by atoms with Gasteiger partial charge in [-0.3, -0.25) is 9.97 Å². The number of rotatable bonds is 8. The van der Waals surface area contributed by atoms with Gasteiger partial charge in [0.25, 0.3) is 0 Å². The number of hydrogen-bond acceptors (Lipinski definition) is 4. The molecule has 1 atom stereocenters. The van der Waals surface area contributed by atoms with E-state index in [9.17, 15) is 0 Å². The highest BCUT2D eigenvalue weighted by atomic mass is 28.3. The number of nitrogens with zero attached hydrogens (tertiary/aromatic N) is 4. The molecule has 3 aliphatic rings. The monoisotopic (exact) mass is 926 g/mol. The van der Waals surface area contributed by atoms with Crippen molar-refractivity contribution in [1.82, 2.24) is 9.97 Å². The van der Waals surface area contributed by atoms with Crippen molar-refractivity contribution in [2.75, 3.05) is 9.80 Å². The van der Waals surface area contributed by atoms with Gasteiger partial charge in [-0.15, -0.1) is 0 Å². The zero-order valence-corrected chi connectivity index (χ0v) is 40.5. The number of fused-ring (bicyclic) bond motifs is 4. The van der Waals surface area contributed by atoms with Crippen LogP contribution in [0.3, 0.4) is 0 Å². The van der Waals surface area contributed by atoms with Gasteiger partial charge in [-0.2, -0.15) is 0 Å². The van der Waals surface area contributed by atoms with E-state index in [2.05, 4.69) is 275 Å². The van der Waals surface area contributed by atoms with E-state index in [0.717, 1.165) is 22.6 Å². The molecule has 10 aromatic rings. The van der Waals surface area contributed by atoms with Crippen molar-refractivity contribution < 1.29 is 0 Å². The van der Waals surface area contributed by atoms with Crippen LogP contribution in [0.4, 0.5) is 22.7 Å². The van der Waals surface area contributed by atoms with E-state index in [4.69, 9.17) is 0 Å². The summed E-state index contributed by atoms with van der Waals surface area (Å²) < 4.78 is 0. The van der Waals surface area contributed by atoms with E-state index in [1.807, 2.05) is 24.8 Å². The van der Waals surface area contributed by atoms with Crippen LogP contribution < -0.4 is 30.5 Å². The third kappa shape index (κ3) is 6.36. The van der Waals surface area contributed by atoms with E-state index < -0.39 is 18.9 Å². The van der Waals surface area contributed by atoms with Crippen molar-refractivity contribution in [2.24, 2.45) is 0 Å². The summed E-state index contributed by atoms with van der Waals surface area (Å²) in [6.07, 6.45) is 11.0. The first-order chi connectivity index (χ1) is 35.1. The fraction of sp³-hybridized carbons (Fsp3) is 0.0606. The summed E-state index contributed by atoms with van der Waals surface area (Å²) in [5, 5.41) is 5.45. The fourth-order valence-corrected chi connectivity index (χ4v) is 17.6. The summed E-state index contributed by atoms with van der Waals surface area (Å²) in [6.45, 7) is 2.44. The van der Waals surface area contributed by atoms with Crippen LogP contribution in [0.5, 0.6) is 0 Å². The molecule has 13 rings (SSSR count). The lowest BCUT2D eigenvalue weighted by atomic mass is 9.61. The Morgan fingerprint density at radius 3 is 1.30 bits per heavy atom. The van der Waals surface area contributed by atoms with Crippen molar-refractivity contribution in [1.29, 1.82) is 0 Å². The summed E-state index contributed by atoms with van der Waals surface area (Å²) in [6, 6.07) is 90.3. The molecule has 0 N–H and O–H groups in total. The van der Waals surface area contributed by atoms with Crippen LogP contribution in [0, 0.1) is 0 Å². The average molecular weight is 927 g/mol. The van der Waals surface area contributed by atoms with Gasteiger partial charge >= 0.3 is 0 Å². The van der Waals surface area contributed by atoms with E-state index in [-0.39, 0.29) is 0 Å². The fourth-order valence-electron chi connectivity index (χ4n) is 12.5. The molecule has 0 spiro atoms. The van der Waals surface area contributed by atoms with Gasteiger partial charge in [0, 0.05) is 47.3 Å². The number of pyridine rings is 2. The number of hydrogen-bond donors (Lipinski definition) is 0. The first kappa shape index (κ1) is 42.5. The molecular weight excluding hydrogens is 877 g/mol. The van der Waals surface area contributed by atoms with Crippen molar-refractivity contribution >= 4 is 57.1 Å². The van der Waals surface area contributed by atoms with Crippen LogP contribution in [0.25, 0.3) is 5.57 Å². The minimum absolute atomic E-state index is 0.549. The van der Waals surface area contributed by atoms with Crippen molar-refractivity contribution in [3.63, 3.8) is 0 Å². The van der Waals surface area contributed by atoms with Crippen LogP contribution in [-0.2, 0) is 10.8 Å². The topological polar surface area (TPSA) is 32.3 Å².